The molecule has 3 nitrogen and oxygen atoms in total. The normalized spacial score (nSPS) is 12.1. The van der Waals surface area contributed by atoms with Gasteiger partial charge >= 0.3 is 0 Å². The van der Waals surface area contributed by atoms with Crippen molar-refractivity contribution in [2.75, 3.05) is 0 Å². The molecule has 21 heavy (non-hydrogen) atoms. The predicted molar refractivity (Wildman–Crippen MR) is 76.6 cm³/mol. The Morgan fingerprint density at radius 3 is 2.43 bits per heavy atom. The minimum Gasteiger partial charge on any atom is -0.366 e. The summed E-state index contributed by atoms with van der Waals surface area (Å²) in [5.74, 6) is -1.43. The van der Waals surface area contributed by atoms with Crippen molar-refractivity contribution in [3.8, 4) is 0 Å². The Hall–Kier alpha value is -2.27. The molecule has 0 saturated heterocycles. The monoisotopic (exact) mass is 290 g/mol. The van der Waals surface area contributed by atoms with Gasteiger partial charge in [-0.2, -0.15) is 0 Å². The van der Waals surface area contributed by atoms with Gasteiger partial charge in [0.2, 0.25) is 5.91 Å². The highest BCUT2D eigenvalue weighted by Crippen LogP contribution is 2.15. The van der Waals surface area contributed by atoms with Crippen LogP contribution < -0.4 is 11.1 Å². The molecule has 0 bridgehead atoms. The molecule has 1 amide bonds. The van der Waals surface area contributed by atoms with Gasteiger partial charge in [-0.1, -0.05) is 18.2 Å². The van der Waals surface area contributed by atoms with Crippen LogP contribution in [0.1, 0.15) is 34.5 Å². The van der Waals surface area contributed by atoms with E-state index in [1.165, 1.54) is 24.3 Å². The zero-order valence-corrected chi connectivity index (χ0v) is 11.6. The first-order valence-electron chi connectivity index (χ1n) is 6.54. The first-order chi connectivity index (χ1) is 9.97. The van der Waals surface area contributed by atoms with Gasteiger partial charge in [0, 0.05) is 23.7 Å². The fourth-order valence-corrected chi connectivity index (χ4v) is 1.98. The molecule has 3 N–H and O–H groups in total. The first kappa shape index (κ1) is 15.1. The molecule has 110 valence electrons. The van der Waals surface area contributed by atoms with Crippen LogP contribution in [-0.2, 0) is 6.54 Å². The van der Waals surface area contributed by atoms with Crippen LogP contribution in [0.3, 0.4) is 0 Å². The number of nitrogens with two attached hydrogens (primary N) is 1. The van der Waals surface area contributed by atoms with Gasteiger partial charge in [-0.3, -0.25) is 4.79 Å². The van der Waals surface area contributed by atoms with Gasteiger partial charge in [0.25, 0.3) is 0 Å². The highest BCUT2D eigenvalue weighted by molar-refractivity contribution is 5.92. The maximum absolute atomic E-state index is 13.8. The second-order valence-electron chi connectivity index (χ2n) is 4.82. The third kappa shape index (κ3) is 3.86. The largest absolute Gasteiger partial charge is 0.366 e. The van der Waals surface area contributed by atoms with Crippen molar-refractivity contribution in [2.45, 2.75) is 19.5 Å². The maximum atomic E-state index is 13.8. The summed E-state index contributed by atoms with van der Waals surface area (Å²) in [6.45, 7) is 2.20. The number of hydrogen-bond acceptors (Lipinski definition) is 2. The van der Waals surface area contributed by atoms with E-state index in [1.54, 1.807) is 12.1 Å². The van der Waals surface area contributed by atoms with Crippen molar-refractivity contribution in [1.29, 1.82) is 0 Å². The molecule has 0 aliphatic heterocycles. The number of nitrogens with one attached hydrogen (secondary N) is 1. The second-order valence-corrected chi connectivity index (χ2v) is 4.82. The lowest BCUT2D eigenvalue weighted by Gasteiger charge is -2.15. The highest BCUT2D eigenvalue weighted by atomic mass is 19.1. The number of hydrogen-bond donors (Lipinski definition) is 2. The van der Waals surface area contributed by atoms with E-state index in [4.69, 9.17) is 5.73 Å². The molecule has 2 aromatic rings. The van der Waals surface area contributed by atoms with Crippen molar-refractivity contribution in [2.24, 2.45) is 5.73 Å². The molecule has 2 rings (SSSR count). The fourth-order valence-electron chi connectivity index (χ4n) is 1.98. The van der Waals surface area contributed by atoms with E-state index in [0.717, 1.165) is 11.6 Å². The van der Waals surface area contributed by atoms with Gasteiger partial charge in [0.15, 0.2) is 0 Å². The molecule has 0 radical (unpaired) electrons. The van der Waals surface area contributed by atoms with Crippen LogP contribution >= 0.6 is 0 Å². The standard InChI is InChI=1S/C16H16F2N2O/c1-10(11-4-6-14(17)7-5-11)20-9-13-3-2-12(16(19)21)8-15(13)18/h2-8,10,20H,9H2,1H3,(H2,19,21)/t10-/m1/s1. The minimum atomic E-state index is -0.659. The van der Waals surface area contributed by atoms with Crippen LogP contribution in [0.5, 0.6) is 0 Å². The third-order valence-electron chi connectivity index (χ3n) is 3.31. The van der Waals surface area contributed by atoms with Crippen LogP contribution in [0.15, 0.2) is 42.5 Å². The van der Waals surface area contributed by atoms with E-state index < -0.39 is 11.7 Å². The van der Waals surface area contributed by atoms with E-state index in [0.29, 0.717) is 12.1 Å². The van der Waals surface area contributed by atoms with Gasteiger partial charge in [0.1, 0.15) is 11.6 Å². The summed E-state index contributed by atoms with van der Waals surface area (Å²) in [5, 5.41) is 3.15. The molecule has 0 spiro atoms. The van der Waals surface area contributed by atoms with Gasteiger partial charge in [-0.25, -0.2) is 8.78 Å². The van der Waals surface area contributed by atoms with Crippen LogP contribution in [0.4, 0.5) is 8.78 Å². The van der Waals surface area contributed by atoms with Gasteiger partial charge in [0.05, 0.1) is 0 Å². The third-order valence-corrected chi connectivity index (χ3v) is 3.31. The zero-order valence-electron chi connectivity index (χ0n) is 11.6. The second kappa shape index (κ2) is 6.45. The molecule has 0 saturated carbocycles. The molecular formula is C16H16F2N2O. The average molecular weight is 290 g/mol. The van der Waals surface area contributed by atoms with Gasteiger partial charge < -0.3 is 11.1 Å². The molecule has 0 aliphatic rings. The Kier molecular flexibility index (Phi) is 4.65. The summed E-state index contributed by atoms with van der Waals surface area (Å²) in [5.41, 5.74) is 6.58. The molecule has 0 unspecified atom stereocenters. The van der Waals surface area contributed by atoms with Crippen molar-refractivity contribution in [1.82, 2.24) is 5.32 Å². The summed E-state index contributed by atoms with van der Waals surface area (Å²) in [7, 11) is 0. The van der Waals surface area contributed by atoms with Gasteiger partial charge in [-0.05, 0) is 36.8 Å². The average Bonchev–Trinajstić information content (AvgIpc) is 2.46. The topological polar surface area (TPSA) is 55.1 Å². The summed E-state index contributed by atoms with van der Waals surface area (Å²) >= 11 is 0. The highest BCUT2D eigenvalue weighted by Gasteiger charge is 2.09. The zero-order chi connectivity index (χ0) is 15.4. The summed E-state index contributed by atoms with van der Waals surface area (Å²) in [6, 6.07) is 10.2. The summed E-state index contributed by atoms with van der Waals surface area (Å²) in [4.78, 5) is 11.0. The molecule has 0 heterocycles. The number of amides is 1. The SMILES string of the molecule is C[C@@H](NCc1ccc(C(N)=O)cc1F)c1ccc(F)cc1. The molecule has 0 aliphatic carbocycles. The molecule has 1 atom stereocenters. The summed E-state index contributed by atoms with van der Waals surface area (Å²) in [6.07, 6.45) is 0. The molecule has 5 heteroatoms. The van der Waals surface area contributed by atoms with E-state index in [1.807, 2.05) is 6.92 Å². The van der Waals surface area contributed by atoms with E-state index in [-0.39, 0.29) is 17.4 Å². The van der Waals surface area contributed by atoms with Crippen molar-refractivity contribution in [3.63, 3.8) is 0 Å². The Morgan fingerprint density at radius 2 is 1.86 bits per heavy atom. The first-order valence-corrected chi connectivity index (χ1v) is 6.54. The van der Waals surface area contributed by atoms with Crippen molar-refractivity contribution >= 4 is 5.91 Å². The lowest BCUT2D eigenvalue weighted by atomic mass is 10.1. The number of benzene rings is 2. The minimum absolute atomic E-state index is 0.0548. The smallest absolute Gasteiger partial charge is 0.248 e. The van der Waals surface area contributed by atoms with E-state index >= 15 is 0 Å². The van der Waals surface area contributed by atoms with Crippen LogP contribution in [0, 0.1) is 11.6 Å². The lowest BCUT2D eigenvalue weighted by molar-refractivity contribution is 0.1000. The Labute approximate surface area is 121 Å². The van der Waals surface area contributed by atoms with Gasteiger partial charge in [-0.15, -0.1) is 0 Å². The van der Waals surface area contributed by atoms with Crippen LogP contribution in [0.2, 0.25) is 0 Å². The molecule has 2 aromatic carbocycles. The number of carbonyl (C=O) groups is 1. The quantitative estimate of drug-likeness (QED) is 0.889. The van der Waals surface area contributed by atoms with Crippen LogP contribution in [-0.4, -0.2) is 5.91 Å². The number of carbonyl (C=O) groups excluding carboxylic acids is 1. The number of halogens is 2. The number of primary amides is 1. The Balaban J connectivity index is 2.02. The molecule has 0 fully saturated rings. The molecular weight excluding hydrogens is 274 g/mol. The fraction of sp³-hybridized carbons (Fsp3) is 0.188. The van der Waals surface area contributed by atoms with E-state index in [9.17, 15) is 13.6 Å². The number of rotatable bonds is 5. The van der Waals surface area contributed by atoms with E-state index in [2.05, 4.69) is 5.32 Å². The molecule has 0 aromatic heterocycles. The maximum Gasteiger partial charge on any atom is 0.248 e. The van der Waals surface area contributed by atoms with Crippen molar-refractivity contribution in [3.05, 3.63) is 70.8 Å². The predicted octanol–water partition coefficient (Wildman–Crippen LogP) is 2.91. The Bertz CT molecular complexity index is 641. The lowest BCUT2D eigenvalue weighted by Crippen LogP contribution is -2.19. The summed E-state index contributed by atoms with van der Waals surface area (Å²) < 4.78 is 26.7. The van der Waals surface area contributed by atoms with Crippen LogP contribution in [0.25, 0.3) is 0 Å². The Morgan fingerprint density at radius 1 is 1.19 bits per heavy atom. The van der Waals surface area contributed by atoms with Crippen molar-refractivity contribution < 1.29 is 13.6 Å².